The molecule has 168 valence electrons. The van der Waals surface area contributed by atoms with Gasteiger partial charge in [0.25, 0.3) is 0 Å². The van der Waals surface area contributed by atoms with Crippen molar-refractivity contribution >= 4 is 17.7 Å². The molecule has 2 aliphatic heterocycles. The van der Waals surface area contributed by atoms with Gasteiger partial charge in [-0.1, -0.05) is 6.07 Å². The van der Waals surface area contributed by atoms with Crippen molar-refractivity contribution in [2.45, 2.75) is 24.6 Å². The van der Waals surface area contributed by atoms with E-state index in [1.165, 1.54) is 5.56 Å². The van der Waals surface area contributed by atoms with E-state index >= 15 is 0 Å². The van der Waals surface area contributed by atoms with Gasteiger partial charge in [0.05, 0.1) is 33.5 Å². The summed E-state index contributed by atoms with van der Waals surface area (Å²) in [5.74, 6) is 3.60. The Kier molecular flexibility index (Phi) is 8.13. The smallest absolute Gasteiger partial charge is 0.193 e. The first-order chi connectivity index (χ1) is 14.5. The molecular formula is C22H36N4O3S. The van der Waals surface area contributed by atoms with E-state index in [9.17, 15) is 0 Å². The largest absolute Gasteiger partial charge is 0.493 e. The lowest BCUT2D eigenvalue weighted by Crippen LogP contribution is -2.52. The van der Waals surface area contributed by atoms with E-state index in [0.29, 0.717) is 0 Å². The second kappa shape index (κ2) is 10.6. The van der Waals surface area contributed by atoms with Crippen LogP contribution in [0.3, 0.4) is 0 Å². The first-order valence-corrected chi connectivity index (χ1v) is 11.6. The van der Waals surface area contributed by atoms with Gasteiger partial charge in [-0.15, -0.1) is 0 Å². The van der Waals surface area contributed by atoms with Crippen molar-refractivity contribution in [2.24, 2.45) is 4.99 Å². The number of thioether (sulfide) groups is 1. The minimum atomic E-state index is 0.192. The average molecular weight is 437 g/mol. The molecule has 30 heavy (non-hydrogen) atoms. The Hall–Kier alpha value is -1.64. The van der Waals surface area contributed by atoms with Crippen molar-refractivity contribution in [3.8, 4) is 11.5 Å². The SMILES string of the molecule is CN=C(NCC(c1ccc(OC)c(OC)c1)N1CCOCC1)N1CCSC(C)(C)C1. The van der Waals surface area contributed by atoms with Crippen LogP contribution in [0.5, 0.6) is 11.5 Å². The topological polar surface area (TPSA) is 58.6 Å². The number of morpholine rings is 1. The third kappa shape index (κ3) is 5.74. The number of ether oxygens (including phenoxy) is 3. The fraction of sp³-hybridized carbons (Fsp3) is 0.682. The summed E-state index contributed by atoms with van der Waals surface area (Å²) in [5.41, 5.74) is 1.20. The highest BCUT2D eigenvalue weighted by molar-refractivity contribution is 8.00. The molecule has 0 saturated carbocycles. The first kappa shape index (κ1) is 23.0. The number of hydrogen-bond donors (Lipinski definition) is 1. The zero-order valence-electron chi connectivity index (χ0n) is 18.9. The summed E-state index contributed by atoms with van der Waals surface area (Å²) >= 11 is 2.03. The predicted octanol–water partition coefficient (Wildman–Crippen LogP) is 2.48. The summed E-state index contributed by atoms with van der Waals surface area (Å²) in [6.07, 6.45) is 0. The molecule has 0 aliphatic carbocycles. The number of hydrogen-bond acceptors (Lipinski definition) is 6. The zero-order valence-corrected chi connectivity index (χ0v) is 19.8. The number of rotatable bonds is 6. The summed E-state index contributed by atoms with van der Waals surface area (Å²) in [4.78, 5) is 9.43. The van der Waals surface area contributed by atoms with Gasteiger partial charge in [0.1, 0.15) is 0 Å². The van der Waals surface area contributed by atoms with Crippen LogP contribution in [0.1, 0.15) is 25.5 Å². The van der Waals surface area contributed by atoms with E-state index in [1.54, 1.807) is 14.2 Å². The Morgan fingerprint density at radius 3 is 2.57 bits per heavy atom. The van der Waals surface area contributed by atoms with Gasteiger partial charge in [0, 0.05) is 50.3 Å². The summed E-state index contributed by atoms with van der Waals surface area (Å²) in [7, 11) is 5.22. The number of nitrogens with one attached hydrogen (secondary N) is 1. The molecule has 0 aromatic heterocycles. The zero-order chi connectivity index (χ0) is 21.6. The Bertz CT molecular complexity index is 722. The van der Waals surface area contributed by atoms with Crippen LogP contribution in [0.2, 0.25) is 0 Å². The predicted molar refractivity (Wildman–Crippen MR) is 124 cm³/mol. The number of benzene rings is 1. The molecule has 0 amide bonds. The van der Waals surface area contributed by atoms with Crippen LogP contribution in [-0.4, -0.2) is 93.5 Å². The average Bonchev–Trinajstić information content (AvgIpc) is 2.76. The lowest BCUT2D eigenvalue weighted by atomic mass is 10.0. The molecule has 1 aromatic rings. The Balaban J connectivity index is 1.77. The molecule has 1 atom stereocenters. The van der Waals surface area contributed by atoms with Crippen LogP contribution < -0.4 is 14.8 Å². The highest BCUT2D eigenvalue weighted by Gasteiger charge is 2.30. The summed E-state index contributed by atoms with van der Waals surface area (Å²) in [6.45, 7) is 10.7. The van der Waals surface area contributed by atoms with Gasteiger partial charge in [-0.3, -0.25) is 9.89 Å². The van der Waals surface area contributed by atoms with Crippen LogP contribution in [0, 0.1) is 0 Å². The molecule has 2 fully saturated rings. The van der Waals surface area contributed by atoms with Gasteiger partial charge in [0.15, 0.2) is 17.5 Å². The second-order valence-electron chi connectivity index (χ2n) is 8.24. The maximum atomic E-state index is 5.59. The summed E-state index contributed by atoms with van der Waals surface area (Å²) in [6, 6.07) is 6.40. The number of nitrogens with zero attached hydrogens (tertiary/aromatic N) is 3. The lowest BCUT2D eigenvalue weighted by molar-refractivity contribution is 0.0168. The van der Waals surface area contributed by atoms with E-state index in [2.05, 4.69) is 46.1 Å². The molecule has 1 aromatic carbocycles. The molecule has 1 N–H and O–H groups in total. The highest BCUT2D eigenvalue weighted by Crippen LogP contribution is 2.32. The summed E-state index contributed by atoms with van der Waals surface area (Å²) < 4.78 is 16.8. The third-order valence-corrected chi connectivity index (χ3v) is 6.97. The van der Waals surface area contributed by atoms with Gasteiger partial charge < -0.3 is 24.4 Å². The van der Waals surface area contributed by atoms with Crippen molar-refractivity contribution < 1.29 is 14.2 Å². The van der Waals surface area contributed by atoms with E-state index in [0.717, 1.165) is 69.1 Å². The van der Waals surface area contributed by atoms with Crippen molar-refractivity contribution in [1.29, 1.82) is 0 Å². The van der Waals surface area contributed by atoms with Crippen molar-refractivity contribution in [2.75, 3.05) is 73.0 Å². The normalized spacial score (nSPS) is 21.2. The minimum absolute atomic E-state index is 0.192. The lowest BCUT2D eigenvalue weighted by Gasteiger charge is -2.40. The van der Waals surface area contributed by atoms with E-state index in [1.807, 2.05) is 24.9 Å². The fourth-order valence-corrected chi connectivity index (χ4v) is 5.24. The molecule has 0 spiro atoms. The first-order valence-electron chi connectivity index (χ1n) is 10.6. The second-order valence-corrected chi connectivity index (χ2v) is 10.0. The fourth-order valence-electron chi connectivity index (χ4n) is 4.12. The standard InChI is InChI=1S/C22H36N4O3S/c1-22(2)16-26(10-13-30-22)21(23-3)24-15-18(25-8-11-29-12-9-25)17-6-7-19(27-4)20(14-17)28-5/h6-7,14,18H,8-13,15-16H2,1-5H3,(H,23,24). The van der Waals surface area contributed by atoms with Gasteiger partial charge in [0.2, 0.25) is 0 Å². The number of guanidine groups is 1. The van der Waals surface area contributed by atoms with Gasteiger partial charge in [-0.05, 0) is 31.5 Å². The molecule has 2 saturated heterocycles. The molecule has 0 bridgehead atoms. The highest BCUT2D eigenvalue weighted by atomic mass is 32.2. The van der Waals surface area contributed by atoms with Gasteiger partial charge >= 0.3 is 0 Å². The van der Waals surface area contributed by atoms with Crippen LogP contribution >= 0.6 is 11.8 Å². The minimum Gasteiger partial charge on any atom is -0.493 e. The molecule has 3 rings (SSSR count). The molecular weight excluding hydrogens is 400 g/mol. The molecule has 8 heteroatoms. The number of methoxy groups -OCH3 is 2. The van der Waals surface area contributed by atoms with Crippen molar-refractivity contribution in [1.82, 2.24) is 15.1 Å². The van der Waals surface area contributed by atoms with Crippen LogP contribution in [0.4, 0.5) is 0 Å². The van der Waals surface area contributed by atoms with E-state index in [-0.39, 0.29) is 10.8 Å². The Labute approximate surface area is 185 Å². The molecule has 2 heterocycles. The van der Waals surface area contributed by atoms with Crippen LogP contribution in [-0.2, 0) is 4.74 Å². The van der Waals surface area contributed by atoms with Crippen molar-refractivity contribution in [3.63, 3.8) is 0 Å². The molecule has 7 nitrogen and oxygen atoms in total. The third-order valence-electron chi connectivity index (χ3n) is 5.67. The molecule has 1 unspecified atom stereocenters. The van der Waals surface area contributed by atoms with Crippen LogP contribution in [0.15, 0.2) is 23.2 Å². The Morgan fingerprint density at radius 1 is 1.20 bits per heavy atom. The monoisotopic (exact) mass is 436 g/mol. The van der Waals surface area contributed by atoms with Gasteiger partial charge in [-0.25, -0.2) is 0 Å². The molecule has 2 aliphatic rings. The van der Waals surface area contributed by atoms with E-state index in [4.69, 9.17) is 14.2 Å². The van der Waals surface area contributed by atoms with Gasteiger partial charge in [-0.2, -0.15) is 11.8 Å². The van der Waals surface area contributed by atoms with E-state index < -0.39 is 0 Å². The quantitative estimate of drug-likeness (QED) is 0.543. The maximum Gasteiger partial charge on any atom is 0.193 e. The maximum absolute atomic E-state index is 5.59. The van der Waals surface area contributed by atoms with Crippen molar-refractivity contribution in [3.05, 3.63) is 23.8 Å². The molecule has 0 radical (unpaired) electrons. The van der Waals surface area contributed by atoms with Crippen LogP contribution in [0.25, 0.3) is 0 Å². The Morgan fingerprint density at radius 2 is 1.93 bits per heavy atom. The summed E-state index contributed by atoms with van der Waals surface area (Å²) in [5, 5.41) is 3.65. The number of aliphatic imine (C=N–C) groups is 1.